The summed E-state index contributed by atoms with van der Waals surface area (Å²) in [4.78, 5) is 16.8. The number of hydrogen-bond acceptors (Lipinski definition) is 4. The molecule has 0 aliphatic carbocycles. The molecular formula is C19H33N3OS2Sn. The van der Waals surface area contributed by atoms with Crippen LogP contribution in [0.3, 0.4) is 0 Å². The summed E-state index contributed by atoms with van der Waals surface area (Å²) < 4.78 is 8.33. The van der Waals surface area contributed by atoms with Crippen molar-refractivity contribution in [2.75, 3.05) is 5.75 Å². The van der Waals surface area contributed by atoms with Gasteiger partial charge in [-0.1, -0.05) is 0 Å². The zero-order chi connectivity index (χ0) is 19.0. The molecule has 0 unspecified atom stereocenters. The first-order valence-electron chi connectivity index (χ1n) is 9.94. The SMILES string of the molecule is CCC[CH2][Sn]([CH2]CCC)([CH2]CCC)[c]1cn2cnc(SCC(N)=O)c2s1. The molecule has 0 aliphatic rings. The van der Waals surface area contributed by atoms with E-state index >= 15 is 0 Å². The van der Waals surface area contributed by atoms with Crippen LogP contribution in [0.25, 0.3) is 4.83 Å². The number of primary amides is 1. The molecule has 0 spiro atoms. The van der Waals surface area contributed by atoms with Crippen LogP contribution in [0.15, 0.2) is 17.6 Å². The molecule has 26 heavy (non-hydrogen) atoms. The standard InChI is InChI=1S/C7H6N3OS2.3C4H9.Sn/c8-5(11)3-13-6-7-10(4-9-6)1-2-12-7;3*1-3-4-2;/h1,4H,3H2,(H2,8,11);3*1,3-4H2,2H3;. The van der Waals surface area contributed by atoms with E-state index < -0.39 is 18.4 Å². The van der Waals surface area contributed by atoms with Gasteiger partial charge in [-0.2, -0.15) is 0 Å². The number of unbranched alkanes of at least 4 members (excludes halogenated alkanes) is 3. The number of nitrogens with zero attached hydrogens (tertiary/aromatic N) is 2. The Balaban J connectivity index is 2.36. The fourth-order valence-electron chi connectivity index (χ4n) is 3.55. The van der Waals surface area contributed by atoms with E-state index in [9.17, 15) is 4.79 Å². The molecule has 146 valence electrons. The molecule has 2 N–H and O–H groups in total. The molecule has 0 aliphatic heterocycles. The van der Waals surface area contributed by atoms with Gasteiger partial charge in [0, 0.05) is 0 Å². The third-order valence-electron chi connectivity index (χ3n) is 5.08. The first-order valence-corrected chi connectivity index (χ1v) is 19.2. The number of imidazole rings is 1. The van der Waals surface area contributed by atoms with E-state index in [-0.39, 0.29) is 5.91 Å². The molecule has 0 saturated carbocycles. The molecule has 4 nitrogen and oxygen atoms in total. The van der Waals surface area contributed by atoms with E-state index in [2.05, 4.69) is 36.4 Å². The van der Waals surface area contributed by atoms with Gasteiger partial charge in [-0.15, -0.1) is 0 Å². The van der Waals surface area contributed by atoms with Gasteiger partial charge in [0.25, 0.3) is 0 Å². The van der Waals surface area contributed by atoms with Gasteiger partial charge in [-0.25, -0.2) is 0 Å². The Labute approximate surface area is 170 Å². The van der Waals surface area contributed by atoms with Crippen LogP contribution in [0.4, 0.5) is 0 Å². The number of thiazole rings is 1. The molecule has 2 aromatic rings. The molecule has 1 amide bonds. The molecule has 0 fully saturated rings. The van der Waals surface area contributed by atoms with Gasteiger partial charge in [0.15, 0.2) is 0 Å². The summed E-state index contributed by atoms with van der Waals surface area (Å²) in [6.07, 6.45) is 12.3. The summed E-state index contributed by atoms with van der Waals surface area (Å²) in [6.45, 7) is 6.95. The zero-order valence-electron chi connectivity index (χ0n) is 16.4. The number of fused-ring (bicyclic) bond motifs is 1. The van der Waals surface area contributed by atoms with Crippen molar-refractivity contribution < 1.29 is 4.79 Å². The Morgan fingerprint density at radius 1 is 1.15 bits per heavy atom. The summed E-state index contributed by atoms with van der Waals surface area (Å²) in [5.41, 5.74) is 5.31. The van der Waals surface area contributed by atoms with E-state index in [0.717, 1.165) is 5.03 Å². The number of thioether (sulfide) groups is 1. The molecule has 2 heterocycles. The number of amides is 1. The molecule has 0 bridgehead atoms. The van der Waals surface area contributed by atoms with Gasteiger partial charge in [0.05, 0.1) is 0 Å². The molecule has 2 rings (SSSR count). The Morgan fingerprint density at radius 3 is 2.23 bits per heavy atom. The monoisotopic (exact) mass is 503 g/mol. The average molecular weight is 502 g/mol. The minimum absolute atomic E-state index is 0.282. The molecule has 2 aromatic heterocycles. The number of rotatable bonds is 13. The molecule has 0 aromatic carbocycles. The van der Waals surface area contributed by atoms with Gasteiger partial charge in [0.1, 0.15) is 0 Å². The number of carbonyl (C=O) groups excluding carboxylic acids is 1. The molecule has 0 atom stereocenters. The van der Waals surface area contributed by atoms with Crippen LogP contribution in [0.1, 0.15) is 59.3 Å². The van der Waals surface area contributed by atoms with E-state index in [0.29, 0.717) is 5.75 Å². The van der Waals surface area contributed by atoms with Crippen molar-refractivity contribution in [1.29, 1.82) is 0 Å². The second kappa shape index (κ2) is 11.0. The average Bonchev–Trinajstić information content (AvgIpc) is 3.21. The predicted octanol–water partition coefficient (Wildman–Crippen LogP) is 5.03. The summed E-state index contributed by atoms with van der Waals surface area (Å²) in [5.74, 6) is 0.0193. The summed E-state index contributed by atoms with van der Waals surface area (Å²) in [6, 6.07) is 0. The van der Waals surface area contributed by atoms with Gasteiger partial charge in [-0.3, -0.25) is 0 Å². The van der Waals surface area contributed by atoms with Crippen molar-refractivity contribution in [3.8, 4) is 0 Å². The summed E-state index contributed by atoms with van der Waals surface area (Å²) in [7, 11) is 0. The second-order valence-corrected chi connectivity index (χ2v) is 23.4. The van der Waals surface area contributed by atoms with Crippen LogP contribution >= 0.6 is 23.1 Å². The summed E-state index contributed by atoms with van der Waals surface area (Å²) in [5, 5.41) is 0.960. The Hall–Kier alpha value is -0.211. The van der Waals surface area contributed by atoms with Gasteiger partial charge in [-0.05, 0) is 0 Å². The van der Waals surface area contributed by atoms with Gasteiger partial charge >= 0.3 is 171 Å². The van der Waals surface area contributed by atoms with Crippen LogP contribution in [0.5, 0.6) is 0 Å². The number of carbonyl (C=O) groups is 1. The zero-order valence-corrected chi connectivity index (χ0v) is 20.9. The third-order valence-corrected chi connectivity index (χ3v) is 25.5. The van der Waals surface area contributed by atoms with Gasteiger partial charge < -0.3 is 0 Å². The van der Waals surface area contributed by atoms with Crippen molar-refractivity contribution in [3.63, 3.8) is 0 Å². The van der Waals surface area contributed by atoms with Crippen molar-refractivity contribution >= 4 is 55.1 Å². The van der Waals surface area contributed by atoms with E-state index in [4.69, 9.17) is 5.73 Å². The van der Waals surface area contributed by atoms with Crippen molar-refractivity contribution in [3.05, 3.63) is 12.5 Å². The minimum atomic E-state index is -2.39. The quantitative estimate of drug-likeness (QED) is 0.309. The maximum absolute atomic E-state index is 11.1. The Morgan fingerprint density at radius 2 is 1.73 bits per heavy atom. The summed E-state index contributed by atoms with van der Waals surface area (Å²) >= 11 is 1.05. The second-order valence-electron chi connectivity index (χ2n) is 7.20. The Bertz CT molecular complexity index is 676. The first-order chi connectivity index (χ1) is 12.6. The third kappa shape index (κ3) is 5.64. The molecule has 7 heteroatoms. The fraction of sp³-hybridized carbons (Fsp3) is 0.684. The predicted molar refractivity (Wildman–Crippen MR) is 118 cm³/mol. The fourth-order valence-corrected chi connectivity index (χ4v) is 24.4. The molecular weight excluding hydrogens is 469 g/mol. The van der Waals surface area contributed by atoms with Crippen molar-refractivity contribution in [2.24, 2.45) is 5.73 Å². The van der Waals surface area contributed by atoms with Crippen molar-refractivity contribution in [2.45, 2.75) is 77.6 Å². The van der Waals surface area contributed by atoms with Crippen LogP contribution in [-0.4, -0.2) is 39.4 Å². The number of aromatic nitrogens is 2. The van der Waals surface area contributed by atoms with E-state index in [1.165, 1.54) is 68.4 Å². The van der Waals surface area contributed by atoms with Crippen LogP contribution in [0, 0.1) is 0 Å². The topological polar surface area (TPSA) is 60.4 Å². The Kier molecular flexibility index (Phi) is 9.30. The first kappa shape index (κ1) is 22.1. The maximum atomic E-state index is 11.1. The van der Waals surface area contributed by atoms with Crippen LogP contribution in [-0.2, 0) is 4.79 Å². The van der Waals surface area contributed by atoms with Crippen LogP contribution in [0.2, 0.25) is 13.3 Å². The molecule has 0 radical (unpaired) electrons. The van der Waals surface area contributed by atoms with E-state index in [1.54, 1.807) is 2.89 Å². The number of nitrogens with two attached hydrogens (primary N) is 1. The molecule has 0 saturated heterocycles. The van der Waals surface area contributed by atoms with Crippen molar-refractivity contribution in [1.82, 2.24) is 9.38 Å². The number of hydrogen-bond donors (Lipinski definition) is 1. The van der Waals surface area contributed by atoms with E-state index in [1.807, 2.05) is 17.7 Å². The van der Waals surface area contributed by atoms with Crippen LogP contribution < -0.4 is 8.63 Å². The van der Waals surface area contributed by atoms with Gasteiger partial charge in [0.2, 0.25) is 0 Å². The normalized spacial score (nSPS) is 12.1.